The predicted octanol–water partition coefficient (Wildman–Crippen LogP) is 4.38. The molecule has 1 atom stereocenters. The maximum atomic E-state index is 6.02. The Morgan fingerprint density at radius 2 is 2.13 bits per heavy atom. The van der Waals surface area contributed by atoms with E-state index in [0.29, 0.717) is 16.1 Å². The van der Waals surface area contributed by atoms with Crippen LogP contribution in [-0.4, -0.2) is 11.0 Å². The number of halogens is 2. The molecule has 1 heterocycles. The van der Waals surface area contributed by atoms with E-state index in [9.17, 15) is 0 Å². The lowest BCUT2D eigenvalue weighted by Gasteiger charge is -2.17. The molecule has 0 saturated carbocycles. The van der Waals surface area contributed by atoms with Gasteiger partial charge >= 0.3 is 0 Å². The molecule has 0 saturated heterocycles. The van der Waals surface area contributed by atoms with Gasteiger partial charge in [0.15, 0.2) is 0 Å². The van der Waals surface area contributed by atoms with Crippen LogP contribution in [0.2, 0.25) is 10.0 Å². The van der Waals surface area contributed by atoms with E-state index in [-0.39, 0.29) is 0 Å². The van der Waals surface area contributed by atoms with Gasteiger partial charge in [0.1, 0.15) is 5.82 Å². The van der Waals surface area contributed by atoms with Gasteiger partial charge in [0.25, 0.3) is 0 Å². The van der Waals surface area contributed by atoms with Crippen LogP contribution in [-0.2, 0) is 0 Å². The van der Waals surface area contributed by atoms with Gasteiger partial charge in [-0.05, 0) is 18.9 Å². The van der Waals surface area contributed by atoms with Gasteiger partial charge in [0, 0.05) is 12.2 Å². The Balaban J connectivity index is 2.70. The van der Waals surface area contributed by atoms with Crippen molar-refractivity contribution in [3.8, 4) is 0 Å². The zero-order valence-electron chi connectivity index (χ0n) is 9.06. The van der Waals surface area contributed by atoms with E-state index >= 15 is 0 Å². The molecule has 0 aliphatic rings. The van der Waals surface area contributed by atoms with Crippen LogP contribution < -0.4 is 5.32 Å². The summed E-state index contributed by atoms with van der Waals surface area (Å²) < 4.78 is 0. The average molecular weight is 247 g/mol. The van der Waals surface area contributed by atoms with Crippen molar-refractivity contribution in [3.63, 3.8) is 0 Å². The van der Waals surface area contributed by atoms with E-state index in [1.54, 1.807) is 12.3 Å². The van der Waals surface area contributed by atoms with E-state index in [2.05, 4.69) is 24.1 Å². The Kier molecular flexibility index (Phi) is 5.20. The Labute approximate surface area is 101 Å². The summed E-state index contributed by atoms with van der Waals surface area (Å²) >= 11 is 11.8. The van der Waals surface area contributed by atoms with E-state index in [0.717, 1.165) is 25.1 Å². The van der Waals surface area contributed by atoms with Gasteiger partial charge in [-0.25, -0.2) is 4.98 Å². The van der Waals surface area contributed by atoms with Gasteiger partial charge in [-0.2, -0.15) is 0 Å². The molecule has 0 amide bonds. The molecule has 0 radical (unpaired) electrons. The van der Waals surface area contributed by atoms with Crippen molar-refractivity contribution in [2.24, 2.45) is 0 Å². The van der Waals surface area contributed by atoms with E-state index in [1.807, 2.05) is 0 Å². The van der Waals surface area contributed by atoms with Gasteiger partial charge < -0.3 is 5.32 Å². The van der Waals surface area contributed by atoms with Gasteiger partial charge in [0.05, 0.1) is 10.0 Å². The van der Waals surface area contributed by atoms with Gasteiger partial charge in [0.2, 0.25) is 0 Å². The number of hydrogen-bond donors (Lipinski definition) is 1. The molecule has 0 fully saturated rings. The topological polar surface area (TPSA) is 24.9 Å². The molecule has 84 valence electrons. The standard InChI is InChI=1S/C11H16Cl2N2/c1-3-5-9(4-2)15-11-10(13)6-8(12)7-14-11/h6-7,9H,3-5H2,1-2H3,(H,14,15). The number of nitrogens with zero attached hydrogens (tertiary/aromatic N) is 1. The molecule has 1 aromatic heterocycles. The SMILES string of the molecule is CCCC(CC)Nc1ncc(Cl)cc1Cl. The largest absolute Gasteiger partial charge is 0.366 e. The lowest BCUT2D eigenvalue weighted by Crippen LogP contribution is -2.18. The molecular formula is C11H16Cl2N2. The zero-order chi connectivity index (χ0) is 11.3. The second-order valence-electron chi connectivity index (χ2n) is 3.52. The first-order valence-electron chi connectivity index (χ1n) is 5.25. The van der Waals surface area contributed by atoms with E-state index < -0.39 is 0 Å². The summed E-state index contributed by atoms with van der Waals surface area (Å²) in [4.78, 5) is 4.17. The molecule has 4 heteroatoms. The van der Waals surface area contributed by atoms with Crippen molar-refractivity contribution >= 4 is 29.0 Å². The smallest absolute Gasteiger partial charge is 0.145 e. The second-order valence-corrected chi connectivity index (χ2v) is 4.37. The molecule has 2 nitrogen and oxygen atoms in total. The number of anilines is 1. The zero-order valence-corrected chi connectivity index (χ0v) is 10.6. The summed E-state index contributed by atoms with van der Waals surface area (Å²) in [5.74, 6) is 0.723. The van der Waals surface area contributed by atoms with Crippen LogP contribution in [0, 0.1) is 0 Å². The Hall–Kier alpha value is -0.470. The first kappa shape index (κ1) is 12.6. The molecule has 1 rings (SSSR count). The van der Waals surface area contributed by atoms with Gasteiger partial charge in [-0.3, -0.25) is 0 Å². The molecule has 1 N–H and O–H groups in total. The highest BCUT2D eigenvalue weighted by Gasteiger charge is 2.08. The summed E-state index contributed by atoms with van der Waals surface area (Å²) in [6, 6.07) is 2.14. The van der Waals surface area contributed by atoms with Gasteiger partial charge in [-0.15, -0.1) is 0 Å². The van der Waals surface area contributed by atoms with E-state index in [1.165, 1.54) is 0 Å². The minimum atomic E-state index is 0.432. The molecule has 1 aromatic rings. The highest BCUT2D eigenvalue weighted by Crippen LogP contribution is 2.24. The highest BCUT2D eigenvalue weighted by atomic mass is 35.5. The van der Waals surface area contributed by atoms with Crippen LogP contribution in [0.15, 0.2) is 12.3 Å². The van der Waals surface area contributed by atoms with Crippen molar-refractivity contribution in [2.75, 3.05) is 5.32 Å². The normalized spacial score (nSPS) is 12.5. The maximum Gasteiger partial charge on any atom is 0.145 e. The van der Waals surface area contributed by atoms with Crippen LogP contribution in [0.4, 0.5) is 5.82 Å². The third-order valence-corrected chi connectivity index (χ3v) is 2.77. The van der Waals surface area contributed by atoms with Crippen molar-refractivity contribution < 1.29 is 0 Å². The van der Waals surface area contributed by atoms with Crippen molar-refractivity contribution in [2.45, 2.75) is 39.2 Å². The highest BCUT2D eigenvalue weighted by molar-refractivity contribution is 6.35. The quantitative estimate of drug-likeness (QED) is 0.835. The number of hydrogen-bond acceptors (Lipinski definition) is 2. The summed E-state index contributed by atoms with van der Waals surface area (Å²) in [6.45, 7) is 4.32. The van der Waals surface area contributed by atoms with Gasteiger partial charge in [-0.1, -0.05) is 43.5 Å². The average Bonchev–Trinajstić information content (AvgIpc) is 2.21. The Bertz CT molecular complexity index is 315. The molecule has 0 bridgehead atoms. The first-order valence-corrected chi connectivity index (χ1v) is 6.00. The number of nitrogens with one attached hydrogen (secondary N) is 1. The monoisotopic (exact) mass is 246 g/mol. The molecule has 1 unspecified atom stereocenters. The molecule has 0 spiro atoms. The van der Waals surface area contributed by atoms with Crippen LogP contribution in [0.1, 0.15) is 33.1 Å². The third-order valence-electron chi connectivity index (χ3n) is 2.28. The minimum Gasteiger partial charge on any atom is -0.366 e. The number of aromatic nitrogens is 1. The third kappa shape index (κ3) is 3.88. The van der Waals surface area contributed by atoms with Crippen molar-refractivity contribution in [1.82, 2.24) is 4.98 Å². The van der Waals surface area contributed by atoms with Crippen LogP contribution >= 0.6 is 23.2 Å². The lowest BCUT2D eigenvalue weighted by molar-refractivity contribution is 0.620. The molecule has 0 aliphatic heterocycles. The lowest BCUT2D eigenvalue weighted by atomic mass is 10.1. The van der Waals surface area contributed by atoms with Crippen LogP contribution in [0.3, 0.4) is 0 Å². The summed E-state index contributed by atoms with van der Waals surface area (Å²) in [6.07, 6.45) is 4.94. The summed E-state index contributed by atoms with van der Waals surface area (Å²) in [7, 11) is 0. The van der Waals surface area contributed by atoms with Crippen LogP contribution in [0.25, 0.3) is 0 Å². The summed E-state index contributed by atoms with van der Waals surface area (Å²) in [5, 5.41) is 4.47. The predicted molar refractivity (Wildman–Crippen MR) is 66.9 cm³/mol. The molecule has 0 aliphatic carbocycles. The fourth-order valence-corrected chi connectivity index (χ4v) is 1.88. The fourth-order valence-electron chi connectivity index (χ4n) is 1.44. The fraction of sp³-hybridized carbons (Fsp3) is 0.545. The second kappa shape index (κ2) is 6.19. The molecule has 15 heavy (non-hydrogen) atoms. The molecular weight excluding hydrogens is 231 g/mol. The number of rotatable bonds is 5. The minimum absolute atomic E-state index is 0.432. The van der Waals surface area contributed by atoms with Crippen molar-refractivity contribution in [1.29, 1.82) is 0 Å². The Morgan fingerprint density at radius 3 is 2.67 bits per heavy atom. The van der Waals surface area contributed by atoms with Crippen molar-refractivity contribution in [3.05, 3.63) is 22.3 Å². The van der Waals surface area contributed by atoms with Crippen LogP contribution in [0.5, 0.6) is 0 Å². The Morgan fingerprint density at radius 1 is 1.40 bits per heavy atom. The number of pyridine rings is 1. The summed E-state index contributed by atoms with van der Waals surface area (Å²) in [5.41, 5.74) is 0. The van der Waals surface area contributed by atoms with E-state index in [4.69, 9.17) is 23.2 Å². The first-order chi connectivity index (χ1) is 7.17. The maximum absolute atomic E-state index is 6.02. The molecule has 0 aromatic carbocycles.